The Labute approximate surface area is 114 Å². The molecule has 1 saturated carbocycles. The highest BCUT2D eigenvalue weighted by molar-refractivity contribution is 4.90. The van der Waals surface area contributed by atoms with Crippen LogP contribution in [0.1, 0.15) is 65.7 Å². The van der Waals surface area contributed by atoms with E-state index in [0.717, 1.165) is 0 Å². The van der Waals surface area contributed by atoms with Gasteiger partial charge in [-0.25, -0.2) is 0 Å². The molecule has 0 amide bonds. The van der Waals surface area contributed by atoms with Crippen molar-refractivity contribution in [3.05, 3.63) is 0 Å². The molecule has 2 heteroatoms. The summed E-state index contributed by atoms with van der Waals surface area (Å²) in [5.41, 5.74) is 0.929. The van der Waals surface area contributed by atoms with Gasteiger partial charge in [0.1, 0.15) is 0 Å². The number of hydrogen-bond donors (Lipinski definition) is 1. The maximum Gasteiger partial charge on any atom is 0.0277 e. The molecule has 0 bridgehead atoms. The number of rotatable bonds is 3. The van der Waals surface area contributed by atoms with Gasteiger partial charge in [0.25, 0.3) is 0 Å². The summed E-state index contributed by atoms with van der Waals surface area (Å²) in [5.74, 6) is 0. The van der Waals surface area contributed by atoms with Gasteiger partial charge in [0, 0.05) is 18.6 Å². The van der Waals surface area contributed by atoms with Crippen molar-refractivity contribution < 1.29 is 0 Å². The largest absolute Gasteiger partial charge is 0.310 e. The van der Waals surface area contributed by atoms with Crippen molar-refractivity contribution in [1.82, 2.24) is 10.2 Å². The molecule has 2 aliphatic rings. The fourth-order valence-electron chi connectivity index (χ4n) is 3.80. The van der Waals surface area contributed by atoms with E-state index in [1.165, 1.54) is 71.1 Å². The maximum absolute atomic E-state index is 3.75. The molecule has 1 N–H and O–H groups in total. The third-order valence-electron chi connectivity index (χ3n) is 5.22. The molecular weight excluding hydrogens is 220 g/mol. The predicted octanol–water partition coefficient (Wildman–Crippen LogP) is 3.42. The second-order valence-electron chi connectivity index (χ2n) is 7.28. The third kappa shape index (κ3) is 3.71. The monoisotopic (exact) mass is 252 g/mol. The molecule has 106 valence electrons. The van der Waals surface area contributed by atoms with Crippen molar-refractivity contribution in [2.45, 2.75) is 71.3 Å². The minimum absolute atomic E-state index is 0.335. The Morgan fingerprint density at radius 2 is 1.78 bits per heavy atom. The lowest BCUT2D eigenvalue weighted by Gasteiger charge is -2.40. The lowest BCUT2D eigenvalue weighted by Crippen LogP contribution is -2.50. The summed E-state index contributed by atoms with van der Waals surface area (Å²) in [6.45, 7) is 12.3. The van der Waals surface area contributed by atoms with E-state index in [4.69, 9.17) is 0 Å². The first kappa shape index (κ1) is 14.3. The zero-order valence-electron chi connectivity index (χ0n) is 12.7. The second-order valence-corrected chi connectivity index (χ2v) is 7.28. The highest BCUT2D eigenvalue weighted by Gasteiger charge is 2.33. The Bertz CT molecular complexity index is 258. The summed E-state index contributed by atoms with van der Waals surface area (Å²) in [6.07, 6.45) is 9.80. The standard InChI is InChI=1S/C16H32N2/c1-4-16(3)14-18(12-8-11-17-16)13-15(2)9-6-5-7-10-15/h17H,4-14H2,1-3H3. The van der Waals surface area contributed by atoms with E-state index in [0.29, 0.717) is 11.0 Å². The van der Waals surface area contributed by atoms with Crippen LogP contribution in [0.15, 0.2) is 0 Å². The van der Waals surface area contributed by atoms with Gasteiger partial charge >= 0.3 is 0 Å². The van der Waals surface area contributed by atoms with Crippen molar-refractivity contribution in [3.63, 3.8) is 0 Å². The molecule has 1 unspecified atom stereocenters. The second kappa shape index (κ2) is 5.92. The fraction of sp³-hybridized carbons (Fsp3) is 1.00. The lowest BCUT2D eigenvalue weighted by atomic mass is 9.75. The summed E-state index contributed by atoms with van der Waals surface area (Å²) in [5, 5.41) is 3.75. The molecule has 2 nitrogen and oxygen atoms in total. The van der Waals surface area contributed by atoms with Crippen molar-refractivity contribution >= 4 is 0 Å². The average Bonchev–Trinajstić information content (AvgIpc) is 2.52. The van der Waals surface area contributed by atoms with Gasteiger partial charge in [-0.1, -0.05) is 33.1 Å². The molecule has 1 atom stereocenters. The molecule has 0 aromatic heterocycles. The first-order valence-electron chi connectivity index (χ1n) is 8.03. The molecular formula is C16H32N2. The van der Waals surface area contributed by atoms with Gasteiger partial charge in [0.05, 0.1) is 0 Å². The van der Waals surface area contributed by atoms with Crippen LogP contribution in [0.2, 0.25) is 0 Å². The normalized spacial score (nSPS) is 34.2. The summed E-state index contributed by atoms with van der Waals surface area (Å²) >= 11 is 0. The Morgan fingerprint density at radius 1 is 1.06 bits per heavy atom. The third-order valence-corrected chi connectivity index (χ3v) is 5.22. The molecule has 2 rings (SSSR count). The van der Waals surface area contributed by atoms with Gasteiger partial charge in [-0.3, -0.25) is 0 Å². The summed E-state index contributed by atoms with van der Waals surface area (Å²) in [7, 11) is 0. The molecule has 2 fully saturated rings. The topological polar surface area (TPSA) is 15.3 Å². The summed E-state index contributed by atoms with van der Waals surface area (Å²) in [4.78, 5) is 2.74. The minimum Gasteiger partial charge on any atom is -0.310 e. The van der Waals surface area contributed by atoms with Crippen LogP contribution >= 0.6 is 0 Å². The fourth-order valence-corrected chi connectivity index (χ4v) is 3.80. The predicted molar refractivity (Wildman–Crippen MR) is 78.9 cm³/mol. The molecule has 1 aliphatic carbocycles. The summed E-state index contributed by atoms with van der Waals surface area (Å²) in [6, 6.07) is 0. The van der Waals surface area contributed by atoms with Gasteiger partial charge in [0.2, 0.25) is 0 Å². The Balaban J connectivity index is 1.94. The smallest absolute Gasteiger partial charge is 0.0277 e. The van der Waals surface area contributed by atoms with E-state index in [9.17, 15) is 0 Å². The van der Waals surface area contributed by atoms with Crippen molar-refractivity contribution in [3.8, 4) is 0 Å². The van der Waals surface area contributed by atoms with Crippen LogP contribution in [0.3, 0.4) is 0 Å². The van der Waals surface area contributed by atoms with Crippen LogP contribution in [0.25, 0.3) is 0 Å². The lowest BCUT2D eigenvalue weighted by molar-refractivity contribution is 0.107. The van der Waals surface area contributed by atoms with Crippen LogP contribution < -0.4 is 5.32 Å². The number of nitrogens with one attached hydrogen (secondary N) is 1. The highest BCUT2D eigenvalue weighted by atomic mass is 15.2. The quantitative estimate of drug-likeness (QED) is 0.828. The molecule has 0 aromatic rings. The van der Waals surface area contributed by atoms with Crippen LogP contribution in [-0.4, -0.2) is 36.6 Å². The van der Waals surface area contributed by atoms with E-state index in [1.54, 1.807) is 0 Å². The SMILES string of the molecule is CCC1(C)CN(CC2(C)CCCCC2)CCCN1. The summed E-state index contributed by atoms with van der Waals surface area (Å²) < 4.78 is 0. The van der Waals surface area contributed by atoms with Gasteiger partial charge in [-0.15, -0.1) is 0 Å². The Hall–Kier alpha value is -0.0800. The Morgan fingerprint density at radius 3 is 2.44 bits per heavy atom. The molecule has 1 heterocycles. The van der Waals surface area contributed by atoms with Crippen molar-refractivity contribution in [1.29, 1.82) is 0 Å². The van der Waals surface area contributed by atoms with Crippen molar-refractivity contribution in [2.24, 2.45) is 5.41 Å². The van der Waals surface area contributed by atoms with Gasteiger partial charge in [-0.05, 0) is 51.1 Å². The van der Waals surface area contributed by atoms with Crippen LogP contribution in [0.4, 0.5) is 0 Å². The maximum atomic E-state index is 3.75. The van der Waals surface area contributed by atoms with Crippen LogP contribution in [0, 0.1) is 5.41 Å². The molecule has 18 heavy (non-hydrogen) atoms. The van der Waals surface area contributed by atoms with E-state index in [-0.39, 0.29) is 0 Å². The highest BCUT2D eigenvalue weighted by Crippen LogP contribution is 2.36. The van der Waals surface area contributed by atoms with E-state index in [1.807, 2.05) is 0 Å². The van der Waals surface area contributed by atoms with Crippen LogP contribution in [-0.2, 0) is 0 Å². The number of hydrogen-bond acceptors (Lipinski definition) is 2. The van der Waals surface area contributed by atoms with E-state index < -0.39 is 0 Å². The zero-order chi connectivity index (χ0) is 13.1. The molecule has 1 aliphatic heterocycles. The Kier molecular flexibility index (Phi) is 4.71. The minimum atomic E-state index is 0.335. The van der Waals surface area contributed by atoms with Gasteiger partial charge < -0.3 is 10.2 Å². The molecule has 0 radical (unpaired) electrons. The molecule has 0 spiro atoms. The first-order chi connectivity index (χ1) is 8.55. The molecule has 1 saturated heterocycles. The van der Waals surface area contributed by atoms with Gasteiger partial charge in [-0.2, -0.15) is 0 Å². The van der Waals surface area contributed by atoms with Crippen LogP contribution in [0.5, 0.6) is 0 Å². The van der Waals surface area contributed by atoms with Crippen molar-refractivity contribution in [2.75, 3.05) is 26.2 Å². The van der Waals surface area contributed by atoms with Gasteiger partial charge in [0.15, 0.2) is 0 Å². The first-order valence-corrected chi connectivity index (χ1v) is 8.03. The zero-order valence-corrected chi connectivity index (χ0v) is 12.7. The number of nitrogens with zero attached hydrogens (tertiary/aromatic N) is 1. The molecule has 0 aromatic carbocycles. The van der Waals surface area contributed by atoms with E-state index in [2.05, 4.69) is 31.0 Å². The van der Waals surface area contributed by atoms with E-state index >= 15 is 0 Å². The average molecular weight is 252 g/mol.